The molecule has 0 fully saturated rings. The minimum Gasteiger partial charge on any atom is -0.348 e. The molecular formula is C16H18FN5. The van der Waals surface area contributed by atoms with E-state index in [1.165, 1.54) is 12.1 Å². The minimum atomic E-state index is -0.245. The van der Waals surface area contributed by atoms with E-state index in [1.54, 1.807) is 23.1 Å². The van der Waals surface area contributed by atoms with E-state index in [-0.39, 0.29) is 5.82 Å². The normalized spacial score (nSPS) is 11.3. The van der Waals surface area contributed by atoms with Gasteiger partial charge >= 0.3 is 0 Å². The molecule has 0 aliphatic heterocycles. The van der Waals surface area contributed by atoms with Gasteiger partial charge in [-0.2, -0.15) is 5.10 Å². The molecule has 3 rings (SSSR count). The molecule has 0 aliphatic rings. The Balaban J connectivity index is 1.66. The van der Waals surface area contributed by atoms with Crippen LogP contribution in [0.3, 0.4) is 0 Å². The highest BCUT2D eigenvalue weighted by Gasteiger charge is 2.08. The molecule has 2 heterocycles. The van der Waals surface area contributed by atoms with Crippen molar-refractivity contribution in [2.75, 3.05) is 7.05 Å². The van der Waals surface area contributed by atoms with Crippen molar-refractivity contribution in [1.82, 2.24) is 24.6 Å². The van der Waals surface area contributed by atoms with Gasteiger partial charge in [0, 0.05) is 30.5 Å². The number of aromatic nitrogens is 4. The molecule has 0 spiro atoms. The first-order valence-corrected chi connectivity index (χ1v) is 7.08. The zero-order valence-corrected chi connectivity index (χ0v) is 12.6. The van der Waals surface area contributed by atoms with Crippen molar-refractivity contribution in [2.24, 2.45) is 0 Å². The summed E-state index contributed by atoms with van der Waals surface area (Å²) in [5.41, 5.74) is 4.08. The average Bonchev–Trinajstić information content (AvgIpc) is 3.10. The Labute approximate surface area is 128 Å². The molecule has 0 bridgehead atoms. The van der Waals surface area contributed by atoms with Crippen LogP contribution in [0.25, 0.3) is 5.69 Å². The van der Waals surface area contributed by atoms with Gasteiger partial charge in [0.25, 0.3) is 0 Å². The van der Waals surface area contributed by atoms with Crippen molar-refractivity contribution in [3.8, 4) is 5.69 Å². The SMILES string of the molecule is Cc1[nH]cnc1CN(C)Cc1cnn(-c2ccc(F)cc2)c1. The number of benzene rings is 1. The van der Waals surface area contributed by atoms with Crippen LogP contribution in [-0.4, -0.2) is 31.7 Å². The second-order valence-electron chi connectivity index (χ2n) is 5.42. The Morgan fingerprint density at radius 1 is 1.23 bits per heavy atom. The average molecular weight is 299 g/mol. The van der Waals surface area contributed by atoms with Crippen molar-refractivity contribution >= 4 is 0 Å². The van der Waals surface area contributed by atoms with Crippen LogP contribution in [-0.2, 0) is 13.1 Å². The zero-order valence-electron chi connectivity index (χ0n) is 12.6. The van der Waals surface area contributed by atoms with Gasteiger partial charge in [-0.25, -0.2) is 14.1 Å². The number of hydrogen-bond acceptors (Lipinski definition) is 3. The molecular weight excluding hydrogens is 281 g/mol. The number of aryl methyl sites for hydroxylation is 1. The highest BCUT2D eigenvalue weighted by molar-refractivity contribution is 5.31. The zero-order chi connectivity index (χ0) is 15.5. The van der Waals surface area contributed by atoms with E-state index in [0.29, 0.717) is 0 Å². The highest BCUT2D eigenvalue weighted by Crippen LogP contribution is 2.12. The minimum absolute atomic E-state index is 0.245. The molecule has 0 radical (unpaired) electrons. The van der Waals surface area contributed by atoms with Crippen molar-refractivity contribution in [2.45, 2.75) is 20.0 Å². The van der Waals surface area contributed by atoms with Crippen molar-refractivity contribution in [1.29, 1.82) is 0 Å². The summed E-state index contributed by atoms with van der Waals surface area (Å²) in [6.07, 6.45) is 5.50. The van der Waals surface area contributed by atoms with Crippen LogP contribution in [0, 0.1) is 12.7 Å². The highest BCUT2D eigenvalue weighted by atomic mass is 19.1. The maximum absolute atomic E-state index is 12.9. The van der Waals surface area contributed by atoms with Crippen LogP contribution in [0.1, 0.15) is 17.0 Å². The number of nitrogens with zero attached hydrogens (tertiary/aromatic N) is 4. The van der Waals surface area contributed by atoms with Crippen LogP contribution in [0.5, 0.6) is 0 Å². The molecule has 0 aliphatic carbocycles. The lowest BCUT2D eigenvalue weighted by Crippen LogP contribution is -2.17. The smallest absolute Gasteiger partial charge is 0.123 e. The van der Waals surface area contributed by atoms with Crippen LogP contribution in [0.2, 0.25) is 0 Å². The number of rotatable bonds is 5. The molecule has 0 amide bonds. The van der Waals surface area contributed by atoms with Gasteiger partial charge < -0.3 is 4.98 Å². The monoisotopic (exact) mass is 299 g/mol. The predicted octanol–water partition coefficient (Wildman–Crippen LogP) is 2.67. The third-order valence-corrected chi connectivity index (χ3v) is 3.53. The molecule has 3 aromatic rings. The number of H-pyrrole nitrogens is 1. The molecule has 0 saturated heterocycles. The number of nitrogens with one attached hydrogen (secondary N) is 1. The van der Waals surface area contributed by atoms with Gasteiger partial charge in [0.2, 0.25) is 0 Å². The summed E-state index contributed by atoms with van der Waals surface area (Å²) in [4.78, 5) is 9.56. The molecule has 0 unspecified atom stereocenters. The van der Waals surface area contributed by atoms with E-state index >= 15 is 0 Å². The molecule has 6 heteroatoms. The number of imidazole rings is 1. The van der Waals surface area contributed by atoms with Gasteiger partial charge in [0.1, 0.15) is 5.82 Å². The Morgan fingerprint density at radius 2 is 2.00 bits per heavy atom. The second kappa shape index (κ2) is 6.11. The molecule has 1 aromatic carbocycles. The summed E-state index contributed by atoms with van der Waals surface area (Å²) in [6, 6.07) is 6.29. The maximum Gasteiger partial charge on any atom is 0.123 e. The standard InChI is InChI=1S/C16H18FN5/c1-12-16(19-11-18-12)10-21(2)8-13-7-20-22(9-13)15-5-3-14(17)4-6-15/h3-7,9,11H,8,10H2,1-2H3,(H,18,19). The first-order chi connectivity index (χ1) is 10.6. The molecule has 5 nitrogen and oxygen atoms in total. The Bertz CT molecular complexity index is 744. The van der Waals surface area contributed by atoms with E-state index in [2.05, 4.69) is 20.0 Å². The summed E-state index contributed by atoms with van der Waals surface area (Å²) < 4.78 is 14.7. The molecule has 1 N–H and O–H groups in total. The summed E-state index contributed by atoms with van der Waals surface area (Å²) in [5.74, 6) is -0.245. The van der Waals surface area contributed by atoms with E-state index in [4.69, 9.17) is 0 Å². The van der Waals surface area contributed by atoms with Gasteiger partial charge in [0.05, 0.1) is 23.9 Å². The van der Waals surface area contributed by atoms with Crippen LogP contribution >= 0.6 is 0 Å². The topological polar surface area (TPSA) is 49.7 Å². The van der Waals surface area contributed by atoms with Gasteiger partial charge in [-0.1, -0.05) is 0 Å². The Morgan fingerprint density at radius 3 is 2.68 bits per heavy atom. The second-order valence-corrected chi connectivity index (χ2v) is 5.42. The lowest BCUT2D eigenvalue weighted by Gasteiger charge is -2.14. The lowest BCUT2D eigenvalue weighted by molar-refractivity contribution is 0.315. The summed E-state index contributed by atoms with van der Waals surface area (Å²) in [7, 11) is 2.04. The fraction of sp³-hybridized carbons (Fsp3) is 0.250. The van der Waals surface area contributed by atoms with Crippen LogP contribution < -0.4 is 0 Å². The number of halogens is 1. The molecule has 0 saturated carbocycles. The quantitative estimate of drug-likeness (QED) is 0.788. The third kappa shape index (κ3) is 3.23. The molecule has 0 atom stereocenters. The fourth-order valence-corrected chi connectivity index (χ4v) is 2.35. The van der Waals surface area contributed by atoms with E-state index in [1.807, 2.05) is 26.4 Å². The third-order valence-electron chi connectivity index (χ3n) is 3.53. The molecule has 2 aromatic heterocycles. The van der Waals surface area contributed by atoms with Crippen LogP contribution in [0.4, 0.5) is 4.39 Å². The van der Waals surface area contributed by atoms with Gasteiger partial charge in [0.15, 0.2) is 0 Å². The van der Waals surface area contributed by atoms with Crippen molar-refractivity contribution < 1.29 is 4.39 Å². The summed E-state index contributed by atoms with van der Waals surface area (Å²) in [6.45, 7) is 3.56. The largest absolute Gasteiger partial charge is 0.348 e. The molecule has 22 heavy (non-hydrogen) atoms. The Hall–Kier alpha value is -2.47. The van der Waals surface area contributed by atoms with E-state index in [0.717, 1.165) is 35.7 Å². The van der Waals surface area contributed by atoms with Gasteiger partial charge in [-0.05, 0) is 38.2 Å². The Kier molecular flexibility index (Phi) is 4.02. The summed E-state index contributed by atoms with van der Waals surface area (Å²) in [5, 5.41) is 4.33. The van der Waals surface area contributed by atoms with E-state index in [9.17, 15) is 4.39 Å². The number of hydrogen-bond donors (Lipinski definition) is 1. The van der Waals surface area contributed by atoms with Crippen LogP contribution in [0.15, 0.2) is 43.0 Å². The van der Waals surface area contributed by atoms with Gasteiger partial charge in [-0.3, -0.25) is 4.90 Å². The lowest BCUT2D eigenvalue weighted by atomic mass is 10.3. The predicted molar refractivity (Wildman–Crippen MR) is 82.0 cm³/mol. The first-order valence-electron chi connectivity index (χ1n) is 7.08. The summed E-state index contributed by atoms with van der Waals surface area (Å²) >= 11 is 0. The molecule has 114 valence electrons. The first kappa shape index (κ1) is 14.5. The number of aromatic amines is 1. The fourth-order valence-electron chi connectivity index (χ4n) is 2.35. The van der Waals surface area contributed by atoms with E-state index < -0.39 is 0 Å². The van der Waals surface area contributed by atoms with Crippen molar-refractivity contribution in [3.05, 3.63) is 65.8 Å². The van der Waals surface area contributed by atoms with Gasteiger partial charge in [-0.15, -0.1) is 0 Å². The van der Waals surface area contributed by atoms with Crippen molar-refractivity contribution in [3.63, 3.8) is 0 Å². The maximum atomic E-state index is 12.9.